The Morgan fingerprint density at radius 1 is 0.919 bits per heavy atom. The first-order valence-electron chi connectivity index (χ1n) is 11.9. The van der Waals surface area contributed by atoms with Crippen LogP contribution in [0.1, 0.15) is 66.0 Å². The van der Waals surface area contributed by atoms with Gasteiger partial charge in [-0.05, 0) is 101 Å². The van der Waals surface area contributed by atoms with E-state index < -0.39 is 29.4 Å². The lowest BCUT2D eigenvalue weighted by atomic mass is 9.97. The van der Waals surface area contributed by atoms with E-state index in [1.165, 1.54) is 23.5 Å². The van der Waals surface area contributed by atoms with Crippen LogP contribution in [0.4, 0.5) is 13.2 Å². The number of hydrogen-bond acceptors (Lipinski definition) is 5. The van der Waals surface area contributed by atoms with Gasteiger partial charge in [0.25, 0.3) is 0 Å². The van der Waals surface area contributed by atoms with Gasteiger partial charge in [0.15, 0.2) is 11.9 Å². The normalized spacial score (nSPS) is 12.8. The van der Waals surface area contributed by atoms with E-state index in [0.717, 1.165) is 33.7 Å². The Kier molecular flexibility index (Phi) is 8.52. The van der Waals surface area contributed by atoms with Crippen LogP contribution in [0.25, 0.3) is 10.4 Å². The van der Waals surface area contributed by atoms with Crippen molar-refractivity contribution >= 4 is 23.1 Å². The Labute approximate surface area is 219 Å². The van der Waals surface area contributed by atoms with Crippen molar-refractivity contribution in [3.05, 3.63) is 75.7 Å². The van der Waals surface area contributed by atoms with Gasteiger partial charge in [-0.25, -0.2) is 4.79 Å². The van der Waals surface area contributed by atoms with Gasteiger partial charge in [-0.2, -0.15) is 13.2 Å². The highest BCUT2D eigenvalue weighted by molar-refractivity contribution is 7.17. The molecule has 0 aliphatic carbocycles. The minimum absolute atomic E-state index is 0.0286. The Morgan fingerprint density at radius 2 is 1.57 bits per heavy atom. The van der Waals surface area contributed by atoms with Gasteiger partial charge in [0.1, 0.15) is 11.4 Å². The van der Waals surface area contributed by atoms with E-state index in [9.17, 15) is 22.8 Å². The zero-order chi connectivity index (χ0) is 27.5. The van der Waals surface area contributed by atoms with Gasteiger partial charge in [0.05, 0.1) is 10.4 Å². The lowest BCUT2D eigenvalue weighted by Crippen LogP contribution is -2.33. The van der Waals surface area contributed by atoms with E-state index in [-0.39, 0.29) is 5.78 Å². The molecule has 1 heterocycles. The lowest BCUT2D eigenvalue weighted by Gasteiger charge is -2.23. The van der Waals surface area contributed by atoms with E-state index in [1.807, 2.05) is 19.9 Å². The second-order valence-electron chi connectivity index (χ2n) is 9.93. The van der Waals surface area contributed by atoms with E-state index in [0.29, 0.717) is 29.0 Å². The first kappa shape index (κ1) is 28.4. The molecule has 1 atom stereocenters. The van der Waals surface area contributed by atoms with Crippen LogP contribution >= 0.6 is 11.3 Å². The molecule has 3 rings (SSSR count). The number of thiophene rings is 1. The molecule has 198 valence electrons. The third kappa shape index (κ3) is 7.44. The fourth-order valence-corrected chi connectivity index (χ4v) is 4.69. The molecule has 0 bridgehead atoms. The van der Waals surface area contributed by atoms with Crippen molar-refractivity contribution < 1.29 is 32.2 Å². The monoisotopic (exact) mass is 532 g/mol. The highest BCUT2D eigenvalue weighted by atomic mass is 32.1. The number of alkyl halides is 3. The number of aryl methyl sites for hydroxylation is 1. The van der Waals surface area contributed by atoms with Crippen LogP contribution in [0, 0.1) is 13.8 Å². The molecule has 0 fully saturated rings. The maximum atomic E-state index is 12.8. The number of benzene rings is 2. The zero-order valence-electron chi connectivity index (χ0n) is 21.8. The molecule has 37 heavy (non-hydrogen) atoms. The predicted molar refractivity (Wildman–Crippen MR) is 139 cm³/mol. The van der Waals surface area contributed by atoms with E-state index in [4.69, 9.17) is 9.47 Å². The van der Waals surface area contributed by atoms with Gasteiger partial charge in [0.2, 0.25) is 0 Å². The Balaban J connectivity index is 1.63. The Morgan fingerprint density at radius 3 is 2.16 bits per heavy atom. The molecule has 2 aromatic carbocycles. The van der Waals surface area contributed by atoms with Crippen molar-refractivity contribution in [2.24, 2.45) is 0 Å². The van der Waals surface area contributed by atoms with Gasteiger partial charge in [0, 0.05) is 11.3 Å². The molecule has 4 nitrogen and oxygen atoms in total. The van der Waals surface area contributed by atoms with Crippen molar-refractivity contribution in [3.8, 4) is 16.2 Å². The molecule has 0 saturated carbocycles. The molecule has 8 heteroatoms. The first-order chi connectivity index (χ1) is 17.2. The summed E-state index contributed by atoms with van der Waals surface area (Å²) in [5.41, 5.74) is 2.21. The third-order valence-electron chi connectivity index (χ3n) is 5.89. The van der Waals surface area contributed by atoms with Crippen molar-refractivity contribution in [2.45, 2.75) is 72.3 Å². The van der Waals surface area contributed by atoms with Crippen LogP contribution < -0.4 is 4.74 Å². The summed E-state index contributed by atoms with van der Waals surface area (Å²) in [6.07, 6.45) is -4.32. The van der Waals surface area contributed by atoms with E-state index in [1.54, 1.807) is 45.9 Å². The van der Waals surface area contributed by atoms with Crippen LogP contribution in [-0.4, -0.2) is 23.5 Å². The van der Waals surface area contributed by atoms with Gasteiger partial charge in [-0.15, -0.1) is 11.3 Å². The van der Waals surface area contributed by atoms with Crippen molar-refractivity contribution in [3.63, 3.8) is 0 Å². The number of halogens is 3. The largest absolute Gasteiger partial charge is 0.479 e. The Bertz CT molecular complexity index is 1270. The molecular formula is C29H31F3O4S. The van der Waals surface area contributed by atoms with E-state index in [2.05, 4.69) is 0 Å². The molecular weight excluding hydrogens is 501 g/mol. The van der Waals surface area contributed by atoms with Crippen LogP contribution in [0.15, 0.2) is 48.5 Å². The summed E-state index contributed by atoms with van der Waals surface area (Å²) in [7, 11) is 0. The number of hydrogen-bond donors (Lipinski definition) is 0. The topological polar surface area (TPSA) is 52.6 Å². The van der Waals surface area contributed by atoms with Gasteiger partial charge < -0.3 is 9.47 Å². The summed E-state index contributed by atoms with van der Waals surface area (Å²) in [4.78, 5) is 26.4. The molecule has 3 aromatic rings. The lowest BCUT2D eigenvalue weighted by molar-refractivity contribution is -0.162. The number of rotatable bonds is 8. The standard InChI is InChI=1S/C29H31F3O4S/c1-17-18(2)24(35-19(3)27(34)36-28(4,5)6)14-10-20(17)9-13-23(33)26-16-15-25(37-26)21-7-11-22(12-8-21)29(30,31)32/h7-8,10-12,14-16,19H,9,13H2,1-6H3. The van der Waals surface area contributed by atoms with E-state index >= 15 is 0 Å². The number of carbonyl (C=O) groups excluding carboxylic acids is 2. The first-order valence-corrected chi connectivity index (χ1v) is 12.8. The number of Topliss-reactive ketones (excluding diaryl/α,β-unsaturated/α-hetero) is 1. The van der Waals surface area contributed by atoms with Crippen molar-refractivity contribution in [1.29, 1.82) is 0 Å². The number of ether oxygens (including phenoxy) is 2. The quantitative estimate of drug-likeness (QED) is 0.218. The third-order valence-corrected chi connectivity index (χ3v) is 7.07. The summed E-state index contributed by atoms with van der Waals surface area (Å²) in [5, 5.41) is 0. The molecule has 0 saturated heterocycles. The Hall–Kier alpha value is -3.13. The van der Waals surface area contributed by atoms with Crippen LogP contribution in [0.5, 0.6) is 5.75 Å². The highest BCUT2D eigenvalue weighted by Crippen LogP contribution is 2.34. The van der Waals surface area contributed by atoms with Gasteiger partial charge in [-0.1, -0.05) is 18.2 Å². The van der Waals surface area contributed by atoms with Gasteiger partial charge in [-0.3, -0.25) is 4.79 Å². The number of esters is 1. The van der Waals surface area contributed by atoms with Crippen molar-refractivity contribution in [1.82, 2.24) is 0 Å². The fourth-order valence-electron chi connectivity index (χ4n) is 3.71. The van der Waals surface area contributed by atoms with Crippen LogP contribution in [-0.2, 0) is 22.1 Å². The molecule has 0 amide bonds. The van der Waals surface area contributed by atoms with Crippen LogP contribution in [0.2, 0.25) is 0 Å². The summed E-state index contributed by atoms with van der Waals surface area (Å²) in [6, 6.07) is 12.1. The second kappa shape index (κ2) is 11.1. The molecule has 0 aliphatic heterocycles. The summed E-state index contributed by atoms with van der Waals surface area (Å²) >= 11 is 1.27. The number of carbonyl (C=O) groups is 2. The average molecular weight is 533 g/mol. The van der Waals surface area contributed by atoms with Crippen molar-refractivity contribution in [2.75, 3.05) is 0 Å². The average Bonchev–Trinajstić information content (AvgIpc) is 3.30. The summed E-state index contributed by atoms with van der Waals surface area (Å²) in [6.45, 7) is 10.9. The minimum atomic E-state index is -4.38. The highest BCUT2D eigenvalue weighted by Gasteiger charge is 2.30. The maximum Gasteiger partial charge on any atom is 0.416 e. The molecule has 0 N–H and O–H groups in total. The predicted octanol–water partition coefficient (Wildman–Crippen LogP) is 7.98. The minimum Gasteiger partial charge on any atom is -0.479 e. The number of ketones is 1. The molecule has 0 radical (unpaired) electrons. The SMILES string of the molecule is Cc1c(CCC(=O)c2ccc(-c3ccc(C(F)(F)F)cc3)s2)ccc(OC(C)C(=O)OC(C)(C)C)c1C. The fraction of sp³-hybridized carbons (Fsp3) is 0.379. The second-order valence-corrected chi connectivity index (χ2v) is 11.0. The molecule has 1 aromatic heterocycles. The molecule has 0 spiro atoms. The summed E-state index contributed by atoms with van der Waals surface area (Å²) in [5.74, 6) is 0.121. The smallest absolute Gasteiger partial charge is 0.416 e. The summed E-state index contributed by atoms with van der Waals surface area (Å²) < 4.78 is 49.6. The van der Waals surface area contributed by atoms with Crippen LogP contribution in [0.3, 0.4) is 0 Å². The molecule has 1 unspecified atom stereocenters. The maximum absolute atomic E-state index is 12.8. The molecule has 0 aliphatic rings. The van der Waals surface area contributed by atoms with Gasteiger partial charge >= 0.3 is 12.1 Å². The zero-order valence-corrected chi connectivity index (χ0v) is 22.6.